The number of nitro benzene ring substituents is 1. The Bertz CT molecular complexity index is 840. The zero-order valence-corrected chi connectivity index (χ0v) is 14.5. The van der Waals surface area contributed by atoms with Crippen molar-refractivity contribution in [1.82, 2.24) is 4.31 Å². The summed E-state index contributed by atoms with van der Waals surface area (Å²) in [5.74, 6) is 0.0423. The molecule has 0 unspecified atom stereocenters. The van der Waals surface area contributed by atoms with Gasteiger partial charge in [-0.1, -0.05) is 30.3 Å². The molecule has 0 amide bonds. The maximum Gasteiger partial charge on any atom is 0.271 e. The summed E-state index contributed by atoms with van der Waals surface area (Å²) in [6, 6.07) is 12.5. The molecule has 25 heavy (non-hydrogen) atoms. The van der Waals surface area contributed by atoms with Crippen LogP contribution in [-0.2, 0) is 16.6 Å². The highest BCUT2D eigenvalue weighted by molar-refractivity contribution is 7.89. The molecule has 0 radical (unpaired) electrons. The number of hydrogen-bond acceptors (Lipinski definition) is 6. The molecule has 0 aliphatic carbocycles. The van der Waals surface area contributed by atoms with E-state index >= 15 is 0 Å². The van der Waals surface area contributed by atoms with E-state index in [0.29, 0.717) is 0 Å². The molecule has 0 fully saturated rings. The van der Waals surface area contributed by atoms with Crippen molar-refractivity contribution < 1.29 is 18.1 Å². The van der Waals surface area contributed by atoms with Crippen molar-refractivity contribution in [2.75, 3.05) is 20.2 Å². The lowest BCUT2D eigenvalue weighted by Gasteiger charge is -2.22. The van der Waals surface area contributed by atoms with E-state index in [-0.39, 0.29) is 36.0 Å². The standard InChI is InChI=1S/C16H19N3O5S/c1-24-15-8-7-14(19(20)21)11-16(15)25(22,23)18(10-9-17)12-13-5-3-2-4-6-13/h2-8,11H,9-10,12,17H2,1H3. The Kier molecular flexibility index (Phi) is 6.07. The molecule has 0 aromatic heterocycles. The van der Waals surface area contributed by atoms with Gasteiger partial charge in [-0.2, -0.15) is 4.31 Å². The maximum atomic E-state index is 13.0. The van der Waals surface area contributed by atoms with E-state index in [9.17, 15) is 18.5 Å². The second kappa shape index (κ2) is 8.06. The van der Waals surface area contributed by atoms with Crippen LogP contribution in [0.1, 0.15) is 5.56 Å². The number of hydrogen-bond donors (Lipinski definition) is 1. The van der Waals surface area contributed by atoms with E-state index in [1.807, 2.05) is 6.07 Å². The molecule has 2 aromatic carbocycles. The third-order valence-electron chi connectivity index (χ3n) is 3.56. The zero-order chi connectivity index (χ0) is 18.4. The molecule has 0 spiro atoms. The van der Waals surface area contributed by atoms with Gasteiger partial charge in [-0.05, 0) is 11.6 Å². The van der Waals surface area contributed by atoms with Gasteiger partial charge >= 0.3 is 0 Å². The smallest absolute Gasteiger partial charge is 0.271 e. The predicted molar refractivity (Wildman–Crippen MR) is 92.7 cm³/mol. The number of methoxy groups -OCH3 is 1. The number of nitro groups is 1. The van der Waals surface area contributed by atoms with Crippen LogP contribution in [0.4, 0.5) is 5.69 Å². The van der Waals surface area contributed by atoms with Crippen molar-refractivity contribution in [2.45, 2.75) is 11.4 Å². The van der Waals surface area contributed by atoms with E-state index in [4.69, 9.17) is 10.5 Å². The van der Waals surface area contributed by atoms with Gasteiger partial charge in [0.2, 0.25) is 10.0 Å². The van der Waals surface area contributed by atoms with Crippen molar-refractivity contribution >= 4 is 15.7 Å². The minimum Gasteiger partial charge on any atom is -0.495 e. The highest BCUT2D eigenvalue weighted by atomic mass is 32.2. The fourth-order valence-electron chi connectivity index (χ4n) is 2.33. The van der Waals surface area contributed by atoms with Gasteiger partial charge in [-0.15, -0.1) is 0 Å². The van der Waals surface area contributed by atoms with Gasteiger partial charge in [0.1, 0.15) is 10.6 Å². The van der Waals surface area contributed by atoms with Crippen LogP contribution >= 0.6 is 0 Å². The van der Waals surface area contributed by atoms with Gasteiger partial charge in [-0.3, -0.25) is 10.1 Å². The van der Waals surface area contributed by atoms with E-state index in [1.54, 1.807) is 24.3 Å². The van der Waals surface area contributed by atoms with Gasteiger partial charge in [0.05, 0.1) is 12.0 Å². The summed E-state index contributed by atoms with van der Waals surface area (Å²) in [6.07, 6.45) is 0. The minimum atomic E-state index is -4.04. The van der Waals surface area contributed by atoms with Gasteiger partial charge in [0, 0.05) is 31.8 Å². The molecule has 134 valence electrons. The van der Waals surface area contributed by atoms with Crippen LogP contribution in [0.3, 0.4) is 0 Å². The summed E-state index contributed by atoms with van der Waals surface area (Å²) < 4.78 is 32.4. The predicted octanol–water partition coefficient (Wildman–Crippen LogP) is 1.75. The van der Waals surface area contributed by atoms with Crippen LogP contribution in [0.25, 0.3) is 0 Å². The van der Waals surface area contributed by atoms with E-state index in [1.165, 1.54) is 23.5 Å². The van der Waals surface area contributed by atoms with Crippen molar-refractivity contribution in [3.05, 3.63) is 64.2 Å². The normalized spacial score (nSPS) is 11.5. The Morgan fingerprint density at radius 3 is 2.44 bits per heavy atom. The SMILES string of the molecule is COc1ccc([N+](=O)[O-])cc1S(=O)(=O)N(CCN)Cc1ccccc1. The van der Waals surface area contributed by atoms with Gasteiger partial charge in [0.25, 0.3) is 5.69 Å². The van der Waals surface area contributed by atoms with Crippen LogP contribution in [0.15, 0.2) is 53.4 Å². The molecule has 2 rings (SSSR count). The highest BCUT2D eigenvalue weighted by Crippen LogP contribution is 2.31. The molecule has 9 heteroatoms. The Morgan fingerprint density at radius 2 is 1.88 bits per heavy atom. The molecule has 0 saturated heterocycles. The summed E-state index contributed by atoms with van der Waals surface area (Å²) in [7, 11) is -2.73. The number of ether oxygens (including phenoxy) is 1. The van der Waals surface area contributed by atoms with E-state index in [0.717, 1.165) is 11.6 Å². The number of benzene rings is 2. The van der Waals surface area contributed by atoms with E-state index < -0.39 is 14.9 Å². The van der Waals surface area contributed by atoms with Crippen molar-refractivity contribution in [1.29, 1.82) is 0 Å². The molecule has 0 saturated carbocycles. The number of non-ortho nitro benzene ring substituents is 1. The summed E-state index contributed by atoms with van der Waals surface area (Å²) in [5.41, 5.74) is 6.02. The Labute approximate surface area is 146 Å². The maximum absolute atomic E-state index is 13.0. The molecule has 8 nitrogen and oxygen atoms in total. The zero-order valence-electron chi connectivity index (χ0n) is 13.7. The topological polar surface area (TPSA) is 116 Å². The van der Waals surface area contributed by atoms with Crippen LogP contribution < -0.4 is 10.5 Å². The average molecular weight is 365 g/mol. The van der Waals surface area contributed by atoms with Crippen LogP contribution in [0.5, 0.6) is 5.75 Å². The second-order valence-corrected chi connectivity index (χ2v) is 7.11. The summed E-state index contributed by atoms with van der Waals surface area (Å²) in [5, 5.41) is 11.0. The fraction of sp³-hybridized carbons (Fsp3) is 0.250. The first-order valence-corrected chi connectivity index (χ1v) is 8.90. The number of rotatable bonds is 8. The minimum absolute atomic E-state index is 0.0423. The molecule has 2 N–H and O–H groups in total. The third kappa shape index (κ3) is 4.32. The summed E-state index contributed by atoms with van der Waals surface area (Å²) >= 11 is 0. The first kappa shape index (κ1) is 18.8. The summed E-state index contributed by atoms with van der Waals surface area (Å²) in [6.45, 7) is 0.290. The second-order valence-electron chi connectivity index (χ2n) is 5.21. The fourth-order valence-corrected chi connectivity index (χ4v) is 3.95. The summed E-state index contributed by atoms with van der Waals surface area (Å²) in [4.78, 5) is 10.1. The van der Waals surface area contributed by atoms with Gasteiger partial charge < -0.3 is 10.5 Å². The van der Waals surface area contributed by atoms with Crippen molar-refractivity contribution in [3.63, 3.8) is 0 Å². The van der Waals surface area contributed by atoms with Crippen LogP contribution in [-0.4, -0.2) is 37.8 Å². The molecular formula is C16H19N3O5S. The van der Waals surface area contributed by atoms with Gasteiger partial charge in [-0.25, -0.2) is 8.42 Å². The van der Waals surface area contributed by atoms with Crippen molar-refractivity contribution in [3.8, 4) is 5.75 Å². The first-order chi connectivity index (χ1) is 11.9. The molecule has 0 bridgehead atoms. The quantitative estimate of drug-likeness (QED) is 0.563. The van der Waals surface area contributed by atoms with E-state index in [2.05, 4.69) is 0 Å². The molecule has 0 aliphatic heterocycles. The molecule has 0 atom stereocenters. The molecule has 0 heterocycles. The Morgan fingerprint density at radius 1 is 1.20 bits per heavy atom. The van der Waals surface area contributed by atoms with Crippen molar-refractivity contribution in [2.24, 2.45) is 5.73 Å². The third-order valence-corrected chi connectivity index (χ3v) is 5.42. The molecular weight excluding hydrogens is 346 g/mol. The lowest BCUT2D eigenvalue weighted by atomic mass is 10.2. The number of nitrogens with zero attached hydrogens (tertiary/aromatic N) is 2. The largest absolute Gasteiger partial charge is 0.495 e. The van der Waals surface area contributed by atoms with Crippen LogP contribution in [0, 0.1) is 10.1 Å². The lowest BCUT2D eigenvalue weighted by Crippen LogP contribution is -2.35. The number of sulfonamides is 1. The monoisotopic (exact) mass is 365 g/mol. The number of nitrogens with two attached hydrogens (primary N) is 1. The molecule has 0 aliphatic rings. The van der Waals surface area contributed by atoms with Crippen LogP contribution in [0.2, 0.25) is 0 Å². The lowest BCUT2D eigenvalue weighted by molar-refractivity contribution is -0.385. The average Bonchev–Trinajstić information content (AvgIpc) is 2.61. The Hall–Kier alpha value is -2.49. The highest BCUT2D eigenvalue weighted by Gasteiger charge is 2.29. The van der Waals surface area contributed by atoms with Gasteiger partial charge in [0.15, 0.2) is 0 Å². The molecule has 2 aromatic rings. The first-order valence-electron chi connectivity index (χ1n) is 7.46. The Balaban J connectivity index is 2.49.